The number of benzene rings is 1. The van der Waals surface area contributed by atoms with E-state index in [9.17, 15) is 4.79 Å². The van der Waals surface area contributed by atoms with E-state index in [2.05, 4.69) is 24.2 Å². The Morgan fingerprint density at radius 1 is 1.33 bits per heavy atom. The normalized spacial score (nSPS) is 18.7. The molecule has 2 aromatic rings. The summed E-state index contributed by atoms with van der Waals surface area (Å²) >= 11 is 0. The van der Waals surface area contributed by atoms with Crippen molar-refractivity contribution in [1.82, 2.24) is 14.7 Å². The number of nitrogens with zero attached hydrogens (tertiary/aromatic N) is 3. The van der Waals surface area contributed by atoms with Gasteiger partial charge < -0.3 is 4.90 Å². The van der Waals surface area contributed by atoms with E-state index in [1.165, 1.54) is 12.0 Å². The Bertz CT molecular complexity index is 606. The van der Waals surface area contributed by atoms with Gasteiger partial charge in [-0.05, 0) is 24.3 Å². The number of rotatable bonds is 3. The minimum atomic E-state index is 0.112. The van der Waals surface area contributed by atoms with Gasteiger partial charge in [0.15, 0.2) is 0 Å². The molecule has 0 radical (unpaired) electrons. The third kappa shape index (κ3) is 3.32. The summed E-state index contributed by atoms with van der Waals surface area (Å²) < 4.78 is 1.83. The van der Waals surface area contributed by atoms with Crippen LogP contribution in [0.4, 0.5) is 0 Å². The van der Waals surface area contributed by atoms with Crippen LogP contribution in [0.15, 0.2) is 42.7 Å². The van der Waals surface area contributed by atoms with Crippen LogP contribution in [0.1, 0.15) is 35.7 Å². The van der Waals surface area contributed by atoms with Crippen molar-refractivity contribution in [3.8, 4) is 0 Å². The van der Waals surface area contributed by atoms with Crippen molar-refractivity contribution < 1.29 is 4.79 Å². The van der Waals surface area contributed by atoms with Crippen molar-refractivity contribution in [3.05, 3.63) is 53.9 Å². The number of piperidine rings is 1. The monoisotopic (exact) mass is 283 g/mol. The van der Waals surface area contributed by atoms with Gasteiger partial charge in [0, 0.05) is 19.3 Å². The molecule has 1 aliphatic rings. The smallest absolute Gasteiger partial charge is 0.257 e. The molecule has 1 fully saturated rings. The summed E-state index contributed by atoms with van der Waals surface area (Å²) in [4.78, 5) is 14.4. The van der Waals surface area contributed by atoms with Gasteiger partial charge in [0.2, 0.25) is 0 Å². The lowest BCUT2D eigenvalue weighted by molar-refractivity contribution is 0.0683. The van der Waals surface area contributed by atoms with Crippen LogP contribution in [0.3, 0.4) is 0 Å². The van der Waals surface area contributed by atoms with E-state index in [1.54, 1.807) is 6.20 Å². The van der Waals surface area contributed by atoms with E-state index in [-0.39, 0.29) is 5.91 Å². The van der Waals surface area contributed by atoms with E-state index in [0.717, 1.165) is 19.5 Å². The van der Waals surface area contributed by atoms with Crippen LogP contribution in [-0.4, -0.2) is 33.7 Å². The maximum absolute atomic E-state index is 12.5. The second-order valence-corrected chi connectivity index (χ2v) is 5.91. The van der Waals surface area contributed by atoms with Crippen molar-refractivity contribution in [3.63, 3.8) is 0 Å². The SMILES string of the molecule is C[C@@H]1CCCN(C(=O)c2cnn(Cc3ccccc3)c2)C1. The first-order valence-corrected chi connectivity index (χ1v) is 7.58. The number of amides is 1. The Balaban J connectivity index is 1.68. The number of aromatic nitrogens is 2. The van der Waals surface area contributed by atoms with Gasteiger partial charge in [-0.2, -0.15) is 5.10 Å². The van der Waals surface area contributed by atoms with Crippen molar-refractivity contribution in [2.45, 2.75) is 26.3 Å². The standard InChI is InChI=1S/C17H21N3O/c1-14-6-5-9-19(11-14)17(21)16-10-18-20(13-16)12-15-7-3-2-4-8-15/h2-4,7-8,10,13-14H,5-6,9,11-12H2,1H3/t14-/m1/s1. The minimum absolute atomic E-state index is 0.112. The van der Waals surface area contributed by atoms with Crippen LogP contribution in [0.25, 0.3) is 0 Å². The van der Waals surface area contributed by atoms with E-state index in [4.69, 9.17) is 0 Å². The molecule has 0 aliphatic carbocycles. The van der Waals surface area contributed by atoms with Crippen LogP contribution < -0.4 is 0 Å². The lowest BCUT2D eigenvalue weighted by Gasteiger charge is -2.30. The minimum Gasteiger partial charge on any atom is -0.338 e. The molecule has 1 amide bonds. The molecular weight excluding hydrogens is 262 g/mol. The average Bonchev–Trinajstić information content (AvgIpc) is 2.96. The van der Waals surface area contributed by atoms with E-state index >= 15 is 0 Å². The van der Waals surface area contributed by atoms with Gasteiger partial charge in [-0.25, -0.2) is 0 Å². The van der Waals surface area contributed by atoms with Crippen molar-refractivity contribution in [2.75, 3.05) is 13.1 Å². The summed E-state index contributed by atoms with van der Waals surface area (Å²) in [6, 6.07) is 10.2. The third-order valence-electron chi connectivity index (χ3n) is 4.01. The van der Waals surface area contributed by atoms with Crippen LogP contribution in [0.5, 0.6) is 0 Å². The summed E-state index contributed by atoms with van der Waals surface area (Å²) in [5.74, 6) is 0.711. The van der Waals surface area contributed by atoms with Crippen LogP contribution in [0, 0.1) is 5.92 Å². The highest BCUT2D eigenvalue weighted by atomic mass is 16.2. The first kappa shape index (κ1) is 13.9. The molecule has 110 valence electrons. The summed E-state index contributed by atoms with van der Waals surface area (Å²) in [5, 5.41) is 4.32. The molecule has 4 heteroatoms. The number of carbonyl (C=O) groups is 1. The molecule has 21 heavy (non-hydrogen) atoms. The van der Waals surface area contributed by atoms with Gasteiger partial charge >= 0.3 is 0 Å². The van der Waals surface area contributed by atoms with E-state index in [0.29, 0.717) is 18.0 Å². The second kappa shape index (κ2) is 6.12. The highest BCUT2D eigenvalue weighted by Gasteiger charge is 2.22. The molecule has 1 aliphatic heterocycles. The summed E-state index contributed by atoms with van der Waals surface area (Å²) in [7, 11) is 0. The molecular formula is C17H21N3O. The zero-order valence-corrected chi connectivity index (χ0v) is 12.4. The highest BCUT2D eigenvalue weighted by molar-refractivity contribution is 5.93. The molecule has 0 unspecified atom stereocenters. The van der Waals surface area contributed by atoms with Gasteiger partial charge in [0.05, 0.1) is 18.3 Å². The Labute approximate surface area is 125 Å². The predicted molar refractivity (Wildman–Crippen MR) is 82.1 cm³/mol. The lowest BCUT2D eigenvalue weighted by atomic mass is 10.00. The third-order valence-corrected chi connectivity index (χ3v) is 4.01. The lowest BCUT2D eigenvalue weighted by Crippen LogP contribution is -2.38. The molecule has 0 spiro atoms. The maximum Gasteiger partial charge on any atom is 0.257 e. The Kier molecular flexibility index (Phi) is 4.04. The summed E-state index contributed by atoms with van der Waals surface area (Å²) in [6.07, 6.45) is 5.86. The zero-order valence-electron chi connectivity index (χ0n) is 12.4. The van der Waals surface area contributed by atoms with Crippen LogP contribution in [0.2, 0.25) is 0 Å². The number of hydrogen-bond donors (Lipinski definition) is 0. The molecule has 0 N–H and O–H groups in total. The highest BCUT2D eigenvalue weighted by Crippen LogP contribution is 2.17. The molecule has 2 heterocycles. The number of hydrogen-bond acceptors (Lipinski definition) is 2. The quantitative estimate of drug-likeness (QED) is 0.868. The number of likely N-dealkylation sites (tertiary alicyclic amines) is 1. The zero-order chi connectivity index (χ0) is 14.7. The van der Waals surface area contributed by atoms with Crippen molar-refractivity contribution in [1.29, 1.82) is 0 Å². The maximum atomic E-state index is 12.5. The molecule has 0 bridgehead atoms. The summed E-state index contributed by atoms with van der Waals surface area (Å²) in [5.41, 5.74) is 1.88. The molecule has 1 aromatic heterocycles. The van der Waals surface area contributed by atoms with Gasteiger partial charge in [-0.15, -0.1) is 0 Å². The molecule has 1 atom stereocenters. The fourth-order valence-corrected chi connectivity index (χ4v) is 2.89. The van der Waals surface area contributed by atoms with Crippen molar-refractivity contribution in [2.24, 2.45) is 5.92 Å². The fourth-order valence-electron chi connectivity index (χ4n) is 2.89. The van der Waals surface area contributed by atoms with Gasteiger partial charge in [-0.1, -0.05) is 37.3 Å². The van der Waals surface area contributed by atoms with E-state index < -0.39 is 0 Å². The fraction of sp³-hybridized carbons (Fsp3) is 0.412. The Morgan fingerprint density at radius 2 is 2.14 bits per heavy atom. The van der Waals surface area contributed by atoms with Crippen LogP contribution in [-0.2, 0) is 6.54 Å². The topological polar surface area (TPSA) is 38.1 Å². The molecule has 0 saturated carbocycles. The molecule has 3 rings (SSSR count). The van der Waals surface area contributed by atoms with Crippen LogP contribution >= 0.6 is 0 Å². The summed E-state index contributed by atoms with van der Waals surface area (Å²) in [6.45, 7) is 4.64. The Morgan fingerprint density at radius 3 is 2.90 bits per heavy atom. The molecule has 4 nitrogen and oxygen atoms in total. The first-order chi connectivity index (χ1) is 10.2. The largest absolute Gasteiger partial charge is 0.338 e. The van der Waals surface area contributed by atoms with E-state index in [1.807, 2.05) is 34.0 Å². The first-order valence-electron chi connectivity index (χ1n) is 7.58. The second-order valence-electron chi connectivity index (χ2n) is 5.91. The predicted octanol–water partition coefficient (Wildman–Crippen LogP) is 2.80. The van der Waals surface area contributed by atoms with Crippen molar-refractivity contribution >= 4 is 5.91 Å². The van der Waals surface area contributed by atoms with Gasteiger partial charge in [-0.3, -0.25) is 9.48 Å². The number of carbonyl (C=O) groups excluding carboxylic acids is 1. The van der Waals surface area contributed by atoms with Gasteiger partial charge in [0.1, 0.15) is 0 Å². The average molecular weight is 283 g/mol. The molecule has 1 saturated heterocycles. The van der Waals surface area contributed by atoms with Gasteiger partial charge in [0.25, 0.3) is 5.91 Å². The Hall–Kier alpha value is -2.10. The molecule has 1 aromatic carbocycles.